The average Bonchev–Trinajstić information content (AvgIpc) is 3.12. The van der Waals surface area contributed by atoms with E-state index in [2.05, 4.69) is 13.0 Å². The van der Waals surface area contributed by atoms with Crippen LogP contribution < -0.4 is 5.73 Å². The van der Waals surface area contributed by atoms with Crippen molar-refractivity contribution in [1.82, 2.24) is 9.97 Å². The Balaban J connectivity index is 1.96. The van der Waals surface area contributed by atoms with Crippen LogP contribution in [-0.4, -0.2) is 9.97 Å². The second-order valence-corrected chi connectivity index (χ2v) is 6.00. The third-order valence-corrected chi connectivity index (χ3v) is 4.24. The van der Waals surface area contributed by atoms with Gasteiger partial charge in [0.25, 0.3) is 0 Å². The van der Waals surface area contributed by atoms with Gasteiger partial charge in [-0.2, -0.15) is 0 Å². The van der Waals surface area contributed by atoms with Gasteiger partial charge in [-0.15, -0.1) is 0 Å². The first-order valence-corrected chi connectivity index (χ1v) is 7.38. The van der Waals surface area contributed by atoms with Gasteiger partial charge in [0.15, 0.2) is 0 Å². The summed E-state index contributed by atoms with van der Waals surface area (Å²) >= 11 is 0. The molecule has 0 spiro atoms. The Morgan fingerprint density at radius 1 is 1.28 bits per heavy atom. The standard InChI is InChI=1S/C15H23N3/c1-2-5-12-10-13(11-6-7-11)18-14(17-12)15(16)8-3-4-9-15/h10-11H,2-9,16H2,1H3. The topological polar surface area (TPSA) is 51.8 Å². The van der Waals surface area contributed by atoms with Crippen molar-refractivity contribution in [2.24, 2.45) is 5.73 Å². The predicted octanol–water partition coefficient (Wildman–Crippen LogP) is 3.03. The highest BCUT2D eigenvalue weighted by Gasteiger charge is 2.36. The van der Waals surface area contributed by atoms with Gasteiger partial charge in [0, 0.05) is 17.3 Å². The van der Waals surface area contributed by atoms with E-state index in [9.17, 15) is 0 Å². The maximum atomic E-state index is 6.51. The molecule has 3 heteroatoms. The largest absolute Gasteiger partial charge is 0.319 e. The van der Waals surface area contributed by atoms with E-state index in [4.69, 9.17) is 15.7 Å². The summed E-state index contributed by atoms with van der Waals surface area (Å²) in [6, 6.07) is 2.21. The lowest BCUT2D eigenvalue weighted by atomic mass is 9.97. The van der Waals surface area contributed by atoms with Crippen LogP contribution in [0.3, 0.4) is 0 Å². The number of nitrogens with zero attached hydrogens (tertiary/aromatic N) is 2. The monoisotopic (exact) mass is 245 g/mol. The maximum absolute atomic E-state index is 6.51. The lowest BCUT2D eigenvalue weighted by Crippen LogP contribution is -2.36. The summed E-state index contributed by atoms with van der Waals surface area (Å²) in [7, 11) is 0. The van der Waals surface area contributed by atoms with Crippen LogP contribution in [0.2, 0.25) is 0 Å². The van der Waals surface area contributed by atoms with Crippen molar-refractivity contribution in [3.05, 3.63) is 23.3 Å². The van der Waals surface area contributed by atoms with Gasteiger partial charge < -0.3 is 5.73 Å². The molecule has 18 heavy (non-hydrogen) atoms. The van der Waals surface area contributed by atoms with Crippen molar-refractivity contribution >= 4 is 0 Å². The molecule has 3 rings (SSSR count). The Hall–Kier alpha value is -0.960. The average molecular weight is 245 g/mol. The third-order valence-electron chi connectivity index (χ3n) is 4.24. The molecule has 0 atom stereocenters. The van der Waals surface area contributed by atoms with Crippen LogP contribution in [0, 0.1) is 0 Å². The Morgan fingerprint density at radius 2 is 2.00 bits per heavy atom. The van der Waals surface area contributed by atoms with Gasteiger partial charge in [-0.3, -0.25) is 0 Å². The zero-order valence-corrected chi connectivity index (χ0v) is 11.3. The summed E-state index contributed by atoms with van der Waals surface area (Å²) in [5.74, 6) is 1.61. The zero-order chi connectivity index (χ0) is 12.6. The van der Waals surface area contributed by atoms with Crippen LogP contribution in [0.5, 0.6) is 0 Å². The van der Waals surface area contributed by atoms with E-state index in [1.165, 1.54) is 37.1 Å². The molecular weight excluding hydrogens is 222 g/mol. The van der Waals surface area contributed by atoms with Crippen molar-refractivity contribution < 1.29 is 0 Å². The Morgan fingerprint density at radius 3 is 2.61 bits per heavy atom. The lowest BCUT2D eigenvalue weighted by Gasteiger charge is -2.23. The van der Waals surface area contributed by atoms with Crippen LogP contribution in [0.15, 0.2) is 6.07 Å². The first-order chi connectivity index (χ1) is 8.71. The summed E-state index contributed by atoms with van der Waals surface area (Å²) in [4.78, 5) is 9.55. The normalized spacial score (nSPS) is 22.3. The quantitative estimate of drug-likeness (QED) is 0.887. The van der Waals surface area contributed by atoms with Crippen molar-refractivity contribution in [1.29, 1.82) is 0 Å². The van der Waals surface area contributed by atoms with Gasteiger partial charge >= 0.3 is 0 Å². The number of hydrogen-bond donors (Lipinski definition) is 1. The molecule has 0 saturated heterocycles. The molecule has 0 amide bonds. The summed E-state index contributed by atoms with van der Waals surface area (Å²) in [5, 5.41) is 0. The molecular formula is C15H23N3. The van der Waals surface area contributed by atoms with Gasteiger partial charge in [0.2, 0.25) is 0 Å². The van der Waals surface area contributed by atoms with Gasteiger partial charge in [-0.05, 0) is 38.2 Å². The number of nitrogens with two attached hydrogens (primary N) is 1. The van der Waals surface area contributed by atoms with E-state index in [0.29, 0.717) is 5.92 Å². The smallest absolute Gasteiger partial charge is 0.148 e. The molecule has 0 aromatic carbocycles. The minimum atomic E-state index is -0.243. The second-order valence-electron chi connectivity index (χ2n) is 6.00. The lowest BCUT2D eigenvalue weighted by molar-refractivity contribution is 0.427. The molecule has 1 aromatic rings. The fraction of sp³-hybridized carbons (Fsp3) is 0.733. The summed E-state index contributed by atoms with van der Waals surface area (Å²) in [5.41, 5.74) is 8.71. The first-order valence-electron chi connectivity index (χ1n) is 7.38. The van der Waals surface area contributed by atoms with Gasteiger partial charge in [0.1, 0.15) is 5.82 Å². The number of rotatable bonds is 4. The van der Waals surface area contributed by atoms with Crippen LogP contribution >= 0.6 is 0 Å². The van der Waals surface area contributed by atoms with E-state index in [0.717, 1.165) is 31.5 Å². The molecule has 0 aliphatic heterocycles. The summed E-state index contributed by atoms with van der Waals surface area (Å²) in [6.07, 6.45) is 9.30. The SMILES string of the molecule is CCCc1cc(C2CC2)nc(C2(N)CCCC2)n1. The van der Waals surface area contributed by atoms with Crippen molar-refractivity contribution in [2.75, 3.05) is 0 Å². The molecule has 3 nitrogen and oxygen atoms in total. The highest BCUT2D eigenvalue weighted by Crippen LogP contribution is 2.41. The first kappa shape index (κ1) is 12.1. The van der Waals surface area contributed by atoms with Crippen molar-refractivity contribution in [2.45, 2.75) is 69.7 Å². The highest BCUT2D eigenvalue weighted by atomic mass is 15.0. The van der Waals surface area contributed by atoms with E-state index in [1.807, 2.05) is 0 Å². The number of hydrogen-bond acceptors (Lipinski definition) is 3. The molecule has 0 radical (unpaired) electrons. The van der Waals surface area contributed by atoms with E-state index in [1.54, 1.807) is 0 Å². The van der Waals surface area contributed by atoms with E-state index < -0.39 is 0 Å². The number of aryl methyl sites for hydroxylation is 1. The molecule has 98 valence electrons. The molecule has 1 aromatic heterocycles. The van der Waals surface area contributed by atoms with Crippen LogP contribution in [-0.2, 0) is 12.0 Å². The molecule has 2 fully saturated rings. The highest BCUT2D eigenvalue weighted by molar-refractivity contribution is 5.22. The van der Waals surface area contributed by atoms with Crippen LogP contribution in [0.25, 0.3) is 0 Å². The molecule has 0 unspecified atom stereocenters. The molecule has 2 saturated carbocycles. The van der Waals surface area contributed by atoms with E-state index in [-0.39, 0.29) is 5.54 Å². The molecule has 2 aliphatic carbocycles. The van der Waals surface area contributed by atoms with Gasteiger partial charge in [0.05, 0.1) is 5.54 Å². The van der Waals surface area contributed by atoms with Crippen molar-refractivity contribution in [3.8, 4) is 0 Å². The van der Waals surface area contributed by atoms with Crippen molar-refractivity contribution in [3.63, 3.8) is 0 Å². The minimum Gasteiger partial charge on any atom is -0.319 e. The Bertz CT molecular complexity index is 431. The fourth-order valence-electron chi connectivity index (χ4n) is 2.94. The Labute approximate surface area is 109 Å². The molecule has 1 heterocycles. The minimum absolute atomic E-state index is 0.243. The zero-order valence-electron chi connectivity index (χ0n) is 11.3. The van der Waals surface area contributed by atoms with Crippen LogP contribution in [0.1, 0.15) is 75.0 Å². The van der Waals surface area contributed by atoms with Gasteiger partial charge in [-0.1, -0.05) is 26.2 Å². The predicted molar refractivity (Wildman–Crippen MR) is 72.3 cm³/mol. The summed E-state index contributed by atoms with van der Waals surface area (Å²) < 4.78 is 0. The molecule has 2 N–H and O–H groups in total. The summed E-state index contributed by atoms with van der Waals surface area (Å²) in [6.45, 7) is 2.20. The maximum Gasteiger partial charge on any atom is 0.148 e. The number of aromatic nitrogens is 2. The third kappa shape index (κ3) is 2.28. The van der Waals surface area contributed by atoms with Gasteiger partial charge in [-0.25, -0.2) is 9.97 Å². The second kappa shape index (κ2) is 4.61. The molecule has 2 aliphatic rings. The fourth-order valence-corrected chi connectivity index (χ4v) is 2.94. The van der Waals surface area contributed by atoms with Crippen LogP contribution in [0.4, 0.5) is 0 Å². The molecule has 0 bridgehead atoms. The Kier molecular flexibility index (Phi) is 3.10. The van der Waals surface area contributed by atoms with E-state index >= 15 is 0 Å².